The Morgan fingerprint density at radius 3 is 2.95 bits per heavy atom. The molecule has 0 saturated carbocycles. The molecule has 0 unspecified atom stereocenters. The number of aromatic nitrogens is 1. The van der Waals surface area contributed by atoms with E-state index in [1.165, 1.54) is 12.4 Å². The molecule has 2 heterocycles. The molecule has 1 aromatic heterocycles. The number of halogens is 1. The predicted molar refractivity (Wildman–Crippen MR) is 74.8 cm³/mol. The Balaban J connectivity index is 2.13. The average molecular weight is 297 g/mol. The Morgan fingerprint density at radius 2 is 2.25 bits per heavy atom. The number of carboxylic acid groups (broad SMARTS) is 1. The molecule has 0 radical (unpaired) electrons. The van der Waals surface area contributed by atoms with Gasteiger partial charge in [0, 0.05) is 31.4 Å². The SMILES string of the molecule is O=C(O)CC[C@H]1CCCCN1C(=O)c1ccncc1Cl. The Hall–Kier alpha value is -1.62. The molecular formula is C14H17ClN2O3. The molecule has 0 aromatic carbocycles. The van der Waals surface area contributed by atoms with Gasteiger partial charge in [-0.15, -0.1) is 0 Å². The Morgan fingerprint density at radius 1 is 1.45 bits per heavy atom. The van der Waals surface area contributed by atoms with Crippen molar-refractivity contribution in [3.05, 3.63) is 29.0 Å². The summed E-state index contributed by atoms with van der Waals surface area (Å²) in [6, 6.07) is 1.59. The topological polar surface area (TPSA) is 70.5 Å². The first kappa shape index (κ1) is 14.8. The number of likely N-dealkylation sites (tertiary alicyclic amines) is 1. The van der Waals surface area contributed by atoms with Gasteiger partial charge in [-0.05, 0) is 31.7 Å². The Kier molecular flexibility index (Phi) is 4.95. The first-order valence-corrected chi connectivity index (χ1v) is 7.09. The first-order chi connectivity index (χ1) is 9.59. The number of nitrogens with zero attached hydrogens (tertiary/aromatic N) is 2. The number of amides is 1. The summed E-state index contributed by atoms with van der Waals surface area (Å²) in [4.78, 5) is 28.9. The van der Waals surface area contributed by atoms with E-state index in [4.69, 9.17) is 16.7 Å². The number of hydrogen-bond acceptors (Lipinski definition) is 3. The number of carboxylic acids is 1. The minimum absolute atomic E-state index is 0.0171. The lowest BCUT2D eigenvalue weighted by molar-refractivity contribution is -0.137. The number of carbonyl (C=O) groups excluding carboxylic acids is 1. The average Bonchev–Trinajstić information content (AvgIpc) is 2.45. The summed E-state index contributed by atoms with van der Waals surface area (Å²) in [6.45, 7) is 0.655. The van der Waals surface area contributed by atoms with Gasteiger partial charge in [0.2, 0.25) is 0 Å². The van der Waals surface area contributed by atoms with Crippen LogP contribution in [0.25, 0.3) is 0 Å². The van der Waals surface area contributed by atoms with E-state index < -0.39 is 5.97 Å². The van der Waals surface area contributed by atoms with Crippen molar-refractivity contribution in [2.75, 3.05) is 6.54 Å². The van der Waals surface area contributed by atoms with Crippen LogP contribution in [0.2, 0.25) is 5.02 Å². The van der Waals surface area contributed by atoms with E-state index in [0.29, 0.717) is 23.6 Å². The van der Waals surface area contributed by atoms with Crippen LogP contribution in [0, 0.1) is 0 Å². The van der Waals surface area contributed by atoms with E-state index in [9.17, 15) is 9.59 Å². The summed E-state index contributed by atoms with van der Waals surface area (Å²) in [5, 5.41) is 9.13. The normalized spacial score (nSPS) is 18.9. The second-order valence-electron chi connectivity index (χ2n) is 4.94. The zero-order valence-electron chi connectivity index (χ0n) is 11.1. The van der Waals surface area contributed by atoms with E-state index in [1.807, 2.05) is 0 Å². The van der Waals surface area contributed by atoms with Crippen LogP contribution in [0.4, 0.5) is 0 Å². The highest BCUT2D eigenvalue weighted by Gasteiger charge is 2.28. The number of piperidine rings is 1. The number of aliphatic carboxylic acids is 1. The van der Waals surface area contributed by atoms with Crippen LogP contribution in [-0.4, -0.2) is 39.5 Å². The van der Waals surface area contributed by atoms with Crippen LogP contribution in [0.15, 0.2) is 18.5 Å². The van der Waals surface area contributed by atoms with Crippen molar-refractivity contribution in [1.82, 2.24) is 9.88 Å². The zero-order valence-corrected chi connectivity index (χ0v) is 11.8. The van der Waals surface area contributed by atoms with Crippen molar-refractivity contribution < 1.29 is 14.7 Å². The molecule has 1 atom stereocenters. The van der Waals surface area contributed by atoms with Crippen molar-refractivity contribution in [2.45, 2.75) is 38.1 Å². The maximum atomic E-state index is 12.5. The highest BCUT2D eigenvalue weighted by molar-refractivity contribution is 6.33. The van der Waals surface area contributed by atoms with Gasteiger partial charge in [0.05, 0.1) is 10.6 Å². The maximum Gasteiger partial charge on any atom is 0.303 e. The van der Waals surface area contributed by atoms with E-state index in [0.717, 1.165) is 19.3 Å². The van der Waals surface area contributed by atoms with Gasteiger partial charge in [-0.3, -0.25) is 14.6 Å². The van der Waals surface area contributed by atoms with E-state index >= 15 is 0 Å². The van der Waals surface area contributed by atoms with Gasteiger partial charge < -0.3 is 10.0 Å². The van der Waals surface area contributed by atoms with Gasteiger partial charge in [0.15, 0.2) is 0 Å². The lowest BCUT2D eigenvalue weighted by atomic mass is 9.97. The highest BCUT2D eigenvalue weighted by atomic mass is 35.5. The molecule has 0 spiro atoms. The first-order valence-electron chi connectivity index (χ1n) is 6.72. The van der Waals surface area contributed by atoms with Crippen molar-refractivity contribution in [1.29, 1.82) is 0 Å². The Bertz CT molecular complexity index is 507. The largest absolute Gasteiger partial charge is 0.481 e. The summed E-state index contributed by atoms with van der Waals surface area (Å²) >= 11 is 6.01. The quantitative estimate of drug-likeness (QED) is 0.927. The second kappa shape index (κ2) is 6.70. The summed E-state index contributed by atoms with van der Waals surface area (Å²) < 4.78 is 0. The van der Waals surface area contributed by atoms with Crippen LogP contribution >= 0.6 is 11.6 Å². The molecule has 1 aromatic rings. The Labute approximate surface area is 122 Å². The molecule has 1 amide bonds. The van der Waals surface area contributed by atoms with E-state index in [2.05, 4.69) is 4.98 Å². The maximum absolute atomic E-state index is 12.5. The van der Waals surface area contributed by atoms with Crippen molar-refractivity contribution in [3.63, 3.8) is 0 Å². The number of pyridine rings is 1. The van der Waals surface area contributed by atoms with Crippen molar-refractivity contribution >= 4 is 23.5 Å². The summed E-state index contributed by atoms with van der Waals surface area (Å²) in [5.41, 5.74) is 0.434. The number of hydrogen-bond donors (Lipinski definition) is 1. The van der Waals surface area contributed by atoms with Crippen LogP contribution in [0.3, 0.4) is 0 Å². The molecule has 108 valence electrons. The number of rotatable bonds is 4. The predicted octanol–water partition coefficient (Wildman–Crippen LogP) is 2.59. The molecule has 20 heavy (non-hydrogen) atoms. The highest BCUT2D eigenvalue weighted by Crippen LogP contribution is 2.25. The third kappa shape index (κ3) is 3.48. The molecule has 1 fully saturated rings. The molecule has 5 nitrogen and oxygen atoms in total. The molecule has 1 saturated heterocycles. The minimum Gasteiger partial charge on any atom is -0.481 e. The fourth-order valence-corrected chi connectivity index (χ4v) is 2.76. The standard InChI is InChI=1S/C14H17ClN2O3/c15-12-9-16-7-6-11(12)14(20)17-8-2-1-3-10(17)4-5-13(18)19/h6-7,9-10H,1-5,8H2,(H,18,19)/t10-/m1/s1. The minimum atomic E-state index is -0.829. The van der Waals surface area contributed by atoms with Crippen molar-refractivity contribution in [2.24, 2.45) is 0 Å². The van der Waals surface area contributed by atoms with Crippen LogP contribution < -0.4 is 0 Å². The summed E-state index contributed by atoms with van der Waals surface area (Å²) in [7, 11) is 0. The van der Waals surface area contributed by atoms with Gasteiger partial charge >= 0.3 is 5.97 Å². The smallest absolute Gasteiger partial charge is 0.303 e. The van der Waals surface area contributed by atoms with Crippen molar-refractivity contribution in [3.8, 4) is 0 Å². The molecule has 0 bridgehead atoms. The fraction of sp³-hybridized carbons (Fsp3) is 0.500. The monoisotopic (exact) mass is 296 g/mol. The molecular weight excluding hydrogens is 280 g/mol. The molecule has 6 heteroatoms. The lowest BCUT2D eigenvalue weighted by Crippen LogP contribution is -2.44. The van der Waals surface area contributed by atoms with Crippen LogP contribution in [0.1, 0.15) is 42.5 Å². The molecule has 2 rings (SSSR count). The second-order valence-corrected chi connectivity index (χ2v) is 5.34. The van der Waals surface area contributed by atoms with Gasteiger partial charge in [-0.1, -0.05) is 11.6 Å². The zero-order chi connectivity index (χ0) is 14.5. The molecule has 1 aliphatic rings. The summed E-state index contributed by atoms with van der Waals surface area (Å²) in [6.07, 6.45) is 6.38. The van der Waals surface area contributed by atoms with Gasteiger partial charge in [-0.2, -0.15) is 0 Å². The molecule has 1 aliphatic heterocycles. The third-order valence-corrected chi connectivity index (χ3v) is 3.88. The van der Waals surface area contributed by atoms with Crippen LogP contribution in [0.5, 0.6) is 0 Å². The van der Waals surface area contributed by atoms with Gasteiger partial charge in [-0.25, -0.2) is 0 Å². The fourth-order valence-electron chi connectivity index (χ4n) is 2.56. The van der Waals surface area contributed by atoms with E-state index in [-0.39, 0.29) is 18.4 Å². The van der Waals surface area contributed by atoms with Crippen LogP contribution in [-0.2, 0) is 4.79 Å². The molecule has 1 N–H and O–H groups in total. The van der Waals surface area contributed by atoms with Gasteiger partial charge in [0.1, 0.15) is 0 Å². The molecule has 0 aliphatic carbocycles. The summed E-state index contributed by atoms with van der Waals surface area (Å²) in [5.74, 6) is -0.961. The number of carbonyl (C=O) groups is 2. The van der Waals surface area contributed by atoms with E-state index in [1.54, 1.807) is 11.0 Å². The lowest BCUT2D eigenvalue weighted by Gasteiger charge is -2.35. The third-order valence-electron chi connectivity index (χ3n) is 3.58. The van der Waals surface area contributed by atoms with Gasteiger partial charge in [0.25, 0.3) is 5.91 Å².